The van der Waals surface area contributed by atoms with E-state index in [1.165, 1.54) is 32.1 Å². The predicted molar refractivity (Wildman–Crippen MR) is 103 cm³/mol. The Balaban J connectivity index is 1.55. The van der Waals surface area contributed by atoms with E-state index < -0.39 is 0 Å². The van der Waals surface area contributed by atoms with Gasteiger partial charge >= 0.3 is 0 Å². The van der Waals surface area contributed by atoms with Crippen LogP contribution in [0.3, 0.4) is 0 Å². The largest absolute Gasteiger partial charge is 0.375 e. The average Bonchev–Trinajstić information content (AvgIpc) is 2.62. The average molecular weight is 365 g/mol. The molecule has 2 aliphatic rings. The Kier molecular flexibility index (Phi) is 6.24. The lowest BCUT2D eigenvalue weighted by atomic mass is 9.97. The van der Waals surface area contributed by atoms with Gasteiger partial charge < -0.3 is 14.5 Å². The molecule has 1 aliphatic carbocycles. The Morgan fingerprint density at radius 1 is 1.08 bits per heavy atom. The molecule has 4 nitrogen and oxygen atoms in total. The lowest BCUT2D eigenvalue weighted by Crippen LogP contribution is -2.38. The summed E-state index contributed by atoms with van der Waals surface area (Å²) in [6, 6.07) is 5.76. The molecule has 5 heteroatoms. The molecule has 1 saturated heterocycles. The van der Waals surface area contributed by atoms with Crippen molar-refractivity contribution >= 4 is 23.2 Å². The van der Waals surface area contributed by atoms with Crippen molar-refractivity contribution in [2.45, 2.75) is 57.2 Å². The van der Waals surface area contributed by atoms with Crippen LogP contribution >= 0.6 is 11.6 Å². The molecule has 3 rings (SSSR count). The molecule has 1 aliphatic heterocycles. The predicted octanol–water partition coefficient (Wildman–Crippen LogP) is 4.36. The molecule has 25 heavy (non-hydrogen) atoms. The molecule has 0 unspecified atom stereocenters. The number of hydrogen-bond donors (Lipinski definition) is 0. The second-order valence-corrected chi connectivity index (χ2v) is 7.85. The molecule has 0 N–H and O–H groups in total. The first kappa shape index (κ1) is 18.5. The van der Waals surface area contributed by atoms with Crippen LogP contribution in [0.15, 0.2) is 18.2 Å². The zero-order valence-electron chi connectivity index (χ0n) is 15.3. The Morgan fingerprint density at radius 2 is 1.72 bits per heavy atom. The third kappa shape index (κ3) is 4.68. The maximum atomic E-state index is 12.1. The number of carbonyl (C=O) groups excluding carboxylic acids is 1. The Bertz CT molecular complexity index is 591. The molecule has 1 aromatic rings. The third-order valence-electron chi connectivity index (χ3n) is 5.33. The minimum Gasteiger partial charge on any atom is -0.375 e. The van der Waals surface area contributed by atoms with E-state index in [1.807, 2.05) is 18.2 Å². The van der Waals surface area contributed by atoms with Crippen molar-refractivity contribution in [3.05, 3.63) is 28.8 Å². The molecule has 0 aromatic heterocycles. The first-order valence-electron chi connectivity index (χ1n) is 9.46. The van der Waals surface area contributed by atoms with Gasteiger partial charge in [-0.05, 0) is 43.9 Å². The van der Waals surface area contributed by atoms with Gasteiger partial charge in [0.1, 0.15) is 0 Å². The number of rotatable bonds is 4. The van der Waals surface area contributed by atoms with Crippen LogP contribution in [-0.4, -0.2) is 50.2 Å². The molecule has 1 saturated carbocycles. The lowest BCUT2D eigenvalue weighted by Gasteiger charge is -2.36. The van der Waals surface area contributed by atoms with Crippen molar-refractivity contribution in [2.75, 3.05) is 32.1 Å². The maximum Gasteiger partial charge on any atom is 0.254 e. The minimum atomic E-state index is -0.0591. The Morgan fingerprint density at radius 3 is 2.32 bits per heavy atom. The van der Waals surface area contributed by atoms with Gasteiger partial charge in [-0.25, -0.2) is 0 Å². The number of anilines is 1. The van der Waals surface area contributed by atoms with Crippen LogP contribution in [0.2, 0.25) is 5.02 Å². The molecule has 1 amide bonds. The molecule has 138 valence electrons. The van der Waals surface area contributed by atoms with Gasteiger partial charge in [-0.1, -0.05) is 30.9 Å². The topological polar surface area (TPSA) is 32.8 Å². The summed E-state index contributed by atoms with van der Waals surface area (Å²) in [5.41, 5.74) is 1.65. The second-order valence-electron chi connectivity index (χ2n) is 7.45. The fourth-order valence-corrected chi connectivity index (χ4v) is 4.09. The van der Waals surface area contributed by atoms with Crippen molar-refractivity contribution in [3.63, 3.8) is 0 Å². The molecule has 0 bridgehead atoms. The quantitative estimate of drug-likeness (QED) is 0.795. The number of amides is 1. The van der Waals surface area contributed by atoms with Crippen LogP contribution in [0.25, 0.3) is 0 Å². The maximum absolute atomic E-state index is 12.1. The van der Waals surface area contributed by atoms with Crippen LogP contribution in [-0.2, 0) is 4.74 Å². The van der Waals surface area contributed by atoms with Gasteiger partial charge in [0.25, 0.3) is 5.91 Å². The van der Waals surface area contributed by atoms with Crippen LogP contribution in [0.4, 0.5) is 5.69 Å². The second kappa shape index (κ2) is 8.41. The normalized spacial score (nSPS) is 19.9. The molecule has 0 spiro atoms. The van der Waals surface area contributed by atoms with Crippen LogP contribution in [0.1, 0.15) is 55.3 Å². The molecule has 0 radical (unpaired) electrons. The standard InChI is InChI=1S/C20H29ClN2O2/c1-22(2)20(24)18-9-8-15(14-19(18)21)23-12-10-17(11-13-23)25-16-6-4-3-5-7-16/h8-9,14,16-17H,3-7,10-13H2,1-2H3. The summed E-state index contributed by atoms with van der Waals surface area (Å²) >= 11 is 6.35. The zero-order valence-corrected chi connectivity index (χ0v) is 16.1. The number of nitrogens with zero attached hydrogens (tertiary/aromatic N) is 2. The van der Waals surface area contributed by atoms with Crippen LogP contribution in [0, 0.1) is 0 Å². The number of ether oxygens (including phenoxy) is 1. The fraction of sp³-hybridized carbons (Fsp3) is 0.650. The third-order valence-corrected chi connectivity index (χ3v) is 5.65. The lowest BCUT2D eigenvalue weighted by molar-refractivity contribution is -0.0395. The number of halogens is 1. The highest BCUT2D eigenvalue weighted by Gasteiger charge is 2.24. The summed E-state index contributed by atoms with van der Waals surface area (Å²) < 4.78 is 6.31. The smallest absolute Gasteiger partial charge is 0.254 e. The summed E-state index contributed by atoms with van der Waals surface area (Å²) in [5.74, 6) is -0.0591. The van der Waals surface area contributed by atoms with Crippen molar-refractivity contribution in [3.8, 4) is 0 Å². The molecule has 1 aromatic carbocycles. The van der Waals surface area contributed by atoms with Crippen molar-refractivity contribution in [2.24, 2.45) is 0 Å². The minimum absolute atomic E-state index is 0.0591. The summed E-state index contributed by atoms with van der Waals surface area (Å²) in [7, 11) is 3.48. The summed E-state index contributed by atoms with van der Waals surface area (Å²) in [5, 5.41) is 0.525. The highest BCUT2D eigenvalue weighted by molar-refractivity contribution is 6.34. The molecular formula is C20H29ClN2O2. The summed E-state index contributed by atoms with van der Waals surface area (Å²) in [4.78, 5) is 16.0. The number of carbonyl (C=O) groups is 1. The fourth-order valence-electron chi connectivity index (χ4n) is 3.84. The van der Waals surface area contributed by atoms with Crippen LogP contribution < -0.4 is 4.90 Å². The van der Waals surface area contributed by atoms with Gasteiger partial charge in [0.2, 0.25) is 0 Å². The van der Waals surface area contributed by atoms with Crippen LogP contribution in [0.5, 0.6) is 0 Å². The van der Waals surface area contributed by atoms with E-state index in [0.29, 0.717) is 22.8 Å². The number of benzene rings is 1. The Labute approximate surface area is 156 Å². The number of piperidine rings is 1. The monoisotopic (exact) mass is 364 g/mol. The van der Waals surface area contributed by atoms with Crippen molar-refractivity contribution in [1.29, 1.82) is 0 Å². The van der Waals surface area contributed by atoms with E-state index in [9.17, 15) is 4.79 Å². The Hall–Kier alpha value is -1.26. The van der Waals surface area contributed by atoms with Gasteiger partial charge in [0.15, 0.2) is 0 Å². The van der Waals surface area contributed by atoms with E-state index in [0.717, 1.165) is 31.6 Å². The SMILES string of the molecule is CN(C)C(=O)c1ccc(N2CCC(OC3CCCCC3)CC2)cc1Cl. The molecule has 2 fully saturated rings. The first-order valence-corrected chi connectivity index (χ1v) is 9.84. The summed E-state index contributed by atoms with van der Waals surface area (Å²) in [6.45, 7) is 1.96. The van der Waals surface area contributed by atoms with E-state index >= 15 is 0 Å². The molecule has 0 atom stereocenters. The van der Waals surface area contributed by atoms with E-state index in [4.69, 9.17) is 16.3 Å². The van der Waals surface area contributed by atoms with E-state index in [1.54, 1.807) is 19.0 Å². The van der Waals surface area contributed by atoms with Gasteiger partial charge in [-0.15, -0.1) is 0 Å². The van der Waals surface area contributed by atoms with E-state index in [2.05, 4.69) is 4.90 Å². The zero-order chi connectivity index (χ0) is 17.8. The molecular weight excluding hydrogens is 336 g/mol. The van der Waals surface area contributed by atoms with Gasteiger partial charge in [0, 0.05) is 32.9 Å². The summed E-state index contributed by atoms with van der Waals surface area (Å²) in [6.07, 6.45) is 9.47. The van der Waals surface area contributed by atoms with Gasteiger partial charge in [0.05, 0.1) is 22.8 Å². The van der Waals surface area contributed by atoms with Gasteiger partial charge in [-0.2, -0.15) is 0 Å². The molecule has 1 heterocycles. The van der Waals surface area contributed by atoms with Crippen molar-refractivity contribution < 1.29 is 9.53 Å². The first-order chi connectivity index (χ1) is 12.0. The van der Waals surface area contributed by atoms with Crippen molar-refractivity contribution in [1.82, 2.24) is 4.90 Å². The highest BCUT2D eigenvalue weighted by Crippen LogP contribution is 2.29. The van der Waals surface area contributed by atoms with Gasteiger partial charge in [-0.3, -0.25) is 4.79 Å². The van der Waals surface area contributed by atoms with E-state index in [-0.39, 0.29) is 5.91 Å². The number of hydrogen-bond acceptors (Lipinski definition) is 3. The highest BCUT2D eigenvalue weighted by atomic mass is 35.5.